The third-order valence-corrected chi connectivity index (χ3v) is 2.23. The predicted octanol–water partition coefficient (Wildman–Crippen LogP) is 3.37. The third kappa shape index (κ3) is 4.30. The standard InChI is InChI=1S/C6H5N3.C5H11Cl/c1-2-4-6-5(3-1)7-9-8-6;1-2-3-4-5-6/h1-4H,(H,7,8,9);2-5H2,1H3. The fourth-order valence-electron chi connectivity index (χ4n) is 1.13. The van der Waals surface area contributed by atoms with Crippen LogP contribution in [0.15, 0.2) is 24.3 Å². The Bertz CT molecular complexity index is 338. The summed E-state index contributed by atoms with van der Waals surface area (Å²) in [6.45, 7) is 2.17. The number of alkyl halides is 1. The summed E-state index contributed by atoms with van der Waals surface area (Å²) < 4.78 is 0. The summed E-state index contributed by atoms with van der Waals surface area (Å²) >= 11 is 5.38. The zero-order valence-corrected chi connectivity index (χ0v) is 9.67. The number of benzene rings is 1. The van der Waals surface area contributed by atoms with Crippen molar-refractivity contribution >= 4 is 22.6 Å². The molecule has 0 unspecified atom stereocenters. The number of unbranched alkanes of at least 4 members (excludes halogenated alkanes) is 2. The molecule has 0 saturated heterocycles. The van der Waals surface area contributed by atoms with Crippen LogP contribution < -0.4 is 0 Å². The van der Waals surface area contributed by atoms with E-state index < -0.39 is 0 Å². The van der Waals surface area contributed by atoms with Crippen LogP contribution in [-0.2, 0) is 0 Å². The average molecular weight is 226 g/mol. The molecule has 3 nitrogen and oxygen atoms in total. The number of rotatable bonds is 3. The lowest BCUT2D eigenvalue weighted by Gasteiger charge is -1.84. The molecule has 1 N–H and O–H groups in total. The minimum Gasteiger partial charge on any atom is -0.197 e. The van der Waals surface area contributed by atoms with Crippen LogP contribution in [0.5, 0.6) is 0 Å². The van der Waals surface area contributed by atoms with E-state index >= 15 is 0 Å². The molecule has 2 rings (SSSR count). The van der Waals surface area contributed by atoms with Crippen molar-refractivity contribution in [1.82, 2.24) is 15.4 Å². The van der Waals surface area contributed by atoms with Gasteiger partial charge in [0.25, 0.3) is 0 Å². The van der Waals surface area contributed by atoms with Crippen LogP contribution >= 0.6 is 11.6 Å². The summed E-state index contributed by atoms with van der Waals surface area (Å²) in [7, 11) is 0. The second-order valence-electron chi connectivity index (χ2n) is 3.21. The van der Waals surface area contributed by atoms with Gasteiger partial charge in [-0.2, -0.15) is 15.4 Å². The Morgan fingerprint density at radius 1 is 1.13 bits per heavy atom. The monoisotopic (exact) mass is 225 g/mol. The van der Waals surface area contributed by atoms with Gasteiger partial charge < -0.3 is 0 Å². The van der Waals surface area contributed by atoms with Crippen molar-refractivity contribution in [1.29, 1.82) is 0 Å². The van der Waals surface area contributed by atoms with E-state index in [1.165, 1.54) is 19.3 Å². The molecule has 0 fully saturated rings. The normalized spacial score (nSPS) is 9.73. The van der Waals surface area contributed by atoms with Gasteiger partial charge in [-0.3, -0.25) is 0 Å². The molecule has 0 radical (unpaired) electrons. The van der Waals surface area contributed by atoms with Crippen molar-refractivity contribution in [3.63, 3.8) is 0 Å². The van der Waals surface area contributed by atoms with Gasteiger partial charge >= 0.3 is 0 Å². The van der Waals surface area contributed by atoms with Gasteiger partial charge in [-0.15, -0.1) is 11.6 Å². The fourth-order valence-corrected chi connectivity index (χ4v) is 1.32. The van der Waals surface area contributed by atoms with Crippen molar-refractivity contribution in [2.24, 2.45) is 0 Å². The number of hydrogen-bond donors (Lipinski definition) is 1. The number of para-hydroxylation sites is 2. The highest BCUT2D eigenvalue weighted by molar-refractivity contribution is 6.17. The number of hydrogen-bond acceptors (Lipinski definition) is 2. The van der Waals surface area contributed by atoms with Crippen molar-refractivity contribution < 1.29 is 0 Å². The zero-order valence-electron chi connectivity index (χ0n) is 8.91. The summed E-state index contributed by atoms with van der Waals surface area (Å²) in [6, 6.07) is 7.70. The first-order valence-electron chi connectivity index (χ1n) is 5.20. The van der Waals surface area contributed by atoms with E-state index in [4.69, 9.17) is 11.6 Å². The Morgan fingerprint density at radius 3 is 2.13 bits per heavy atom. The average Bonchev–Trinajstić information content (AvgIpc) is 2.75. The van der Waals surface area contributed by atoms with Crippen LogP contribution in [0.25, 0.3) is 11.0 Å². The van der Waals surface area contributed by atoms with E-state index in [1.807, 2.05) is 24.3 Å². The smallest absolute Gasteiger partial charge is 0.112 e. The summed E-state index contributed by atoms with van der Waals surface area (Å²) in [6.07, 6.45) is 3.73. The van der Waals surface area contributed by atoms with Crippen molar-refractivity contribution in [3.8, 4) is 0 Å². The molecule has 0 spiro atoms. The molecule has 1 aromatic carbocycles. The summed E-state index contributed by atoms with van der Waals surface area (Å²) in [5.41, 5.74) is 1.83. The Balaban J connectivity index is 0.000000167. The molecule has 2 aromatic rings. The number of H-pyrrole nitrogens is 1. The van der Waals surface area contributed by atoms with E-state index in [1.54, 1.807) is 0 Å². The number of nitrogens with one attached hydrogen (secondary N) is 1. The first-order valence-corrected chi connectivity index (χ1v) is 5.73. The Kier molecular flexibility index (Phi) is 5.78. The molecule has 1 heterocycles. The lowest BCUT2D eigenvalue weighted by Crippen LogP contribution is -1.70. The molecule has 0 amide bonds. The maximum atomic E-state index is 5.38. The van der Waals surface area contributed by atoms with Gasteiger partial charge in [0.2, 0.25) is 0 Å². The lowest BCUT2D eigenvalue weighted by molar-refractivity contribution is 0.776. The van der Waals surface area contributed by atoms with Crippen LogP contribution in [0, 0.1) is 0 Å². The van der Waals surface area contributed by atoms with Crippen molar-refractivity contribution in [3.05, 3.63) is 24.3 Å². The van der Waals surface area contributed by atoms with E-state index in [2.05, 4.69) is 22.3 Å². The van der Waals surface area contributed by atoms with Gasteiger partial charge in [-0.1, -0.05) is 31.9 Å². The lowest BCUT2D eigenvalue weighted by atomic mass is 10.3. The third-order valence-electron chi connectivity index (χ3n) is 1.96. The van der Waals surface area contributed by atoms with Crippen LogP contribution in [0.1, 0.15) is 26.2 Å². The van der Waals surface area contributed by atoms with Crippen LogP contribution in [0.4, 0.5) is 0 Å². The number of nitrogens with zero attached hydrogens (tertiary/aromatic N) is 2. The Labute approximate surface area is 94.8 Å². The van der Waals surface area contributed by atoms with Gasteiger partial charge in [0.15, 0.2) is 0 Å². The predicted molar refractivity (Wildman–Crippen MR) is 64.1 cm³/mol. The molecule has 82 valence electrons. The Hall–Kier alpha value is -1.09. The summed E-state index contributed by atoms with van der Waals surface area (Å²) in [4.78, 5) is 0. The first-order chi connectivity index (χ1) is 7.38. The Morgan fingerprint density at radius 2 is 1.73 bits per heavy atom. The van der Waals surface area contributed by atoms with Crippen LogP contribution in [0.2, 0.25) is 0 Å². The summed E-state index contributed by atoms with van der Waals surface area (Å²) in [5, 5.41) is 10.3. The van der Waals surface area contributed by atoms with Crippen LogP contribution in [-0.4, -0.2) is 21.3 Å². The molecule has 0 aliphatic heterocycles. The highest BCUT2D eigenvalue weighted by Crippen LogP contribution is 2.03. The van der Waals surface area contributed by atoms with Gasteiger partial charge in [0.05, 0.1) is 0 Å². The van der Waals surface area contributed by atoms with Gasteiger partial charge in [-0.25, -0.2) is 0 Å². The fraction of sp³-hybridized carbons (Fsp3) is 0.455. The first kappa shape index (κ1) is 12.0. The van der Waals surface area contributed by atoms with Gasteiger partial charge in [0, 0.05) is 5.88 Å². The van der Waals surface area contributed by atoms with E-state index in [0.29, 0.717) is 0 Å². The minimum atomic E-state index is 0.827. The highest BCUT2D eigenvalue weighted by Gasteiger charge is 1.90. The van der Waals surface area contributed by atoms with Crippen molar-refractivity contribution in [2.45, 2.75) is 26.2 Å². The molecule has 15 heavy (non-hydrogen) atoms. The minimum absolute atomic E-state index is 0.827. The largest absolute Gasteiger partial charge is 0.197 e. The SMILES string of the molecule is CCCCCCl.c1ccc2n[nH]nc2c1. The number of aromatic amines is 1. The maximum Gasteiger partial charge on any atom is 0.112 e. The van der Waals surface area contributed by atoms with E-state index in [-0.39, 0.29) is 0 Å². The second-order valence-corrected chi connectivity index (χ2v) is 3.59. The molecule has 4 heteroatoms. The molecule has 0 saturated carbocycles. The molecular formula is C11H16ClN3. The molecule has 0 bridgehead atoms. The molecular weight excluding hydrogens is 210 g/mol. The number of halogens is 1. The summed E-state index contributed by atoms with van der Waals surface area (Å²) in [5.74, 6) is 0.827. The van der Waals surface area contributed by atoms with E-state index in [9.17, 15) is 0 Å². The van der Waals surface area contributed by atoms with E-state index in [0.717, 1.165) is 16.9 Å². The zero-order chi connectivity index (χ0) is 10.9. The molecule has 0 atom stereocenters. The topological polar surface area (TPSA) is 41.6 Å². The second kappa shape index (κ2) is 7.23. The van der Waals surface area contributed by atoms with Gasteiger partial charge in [-0.05, 0) is 18.6 Å². The van der Waals surface area contributed by atoms with Gasteiger partial charge in [0.1, 0.15) is 11.0 Å². The van der Waals surface area contributed by atoms with Crippen molar-refractivity contribution in [2.75, 3.05) is 5.88 Å². The number of aromatic nitrogens is 3. The maximum absolute atomic E-state index is 5.38. The number of fused-ring (bicyclic) bond motifs is 1. The molecule has 0 aliphatic carbocycles. The molecule has 0 aliphatic rings. The molecule has 1 aromatic heterocycles. The quantitative estimate of drug-likeness (QED) is 0.643. The van der Waals surface area contributed by atoms with Crippen LogP contribution in [0.3, 0.4) is 0 Å². The highest BCUT2D eigenvalue weighted by atomic mass is 35.5.